The highest BCUT2D eigenvalue weighted by Gasteiger charge is 2.20. The molecule has 0 atom stereocenters. The first-order valence-corrected chi connectivity index (χ1v) is 6.17. The second kappa shape index (κ2) is 5.14. The topological polar surface area (TPSA) is 89.8 Å². The van der Waals surface area contributed by atoms with Crippen LogP contribution in [0.1, 0.15) is 19.4 Å². The number of nitrogens with zero attached hydrogens (tertiary/aromatic N) is 2. The molecule has 0 unspecified atom stereocenters. The van der Waals surface area contributed by atoms with E-state index in [-0.39, 0.29) is 11.4 Å². The molecule has 1 aromatic carbocycles. The number of nitrogens with one attached hydrogen (secondary N) is 1. The third kappa shape index (κ3) is 3.34. The minimum Gasteiger partial charge on any atom is -0.383 e. The molecule has 5 heteroatoms. The van der Waals surface area contributed by atoms with Gasteiger partial charge in [0.2, 0.25) is 5.95 Å². The van der Waals surface area contributed by atoms with Crippen molar-refractivity contribution in [3.8, 4) is 0 Å². The maximum atomic E-state index is 5.64. The van der Waals surface area contributed by atoms with Crippen molar-refractivity contribution in [3.05, 3.63) is 42.0 Å². The third-order valence-electron chi connectivity index (χ3n) is 3.03. The highest BCUT2D eigenvalue weighted by Crippen LogP contribution is 2.23. The van der Waals surface area contributed by atoms with E-state index in [1.54, 1.807) is 6.07 Å². The van der Waals surface area contributed by atoms with Gasteiger partial charge in [-0.1, -0.05) is 44.2 Å². The molecule has 2 rings (SSSR count). The average Bonchev–Trinajstić information content (AvgIpc) is 2.37. The Morgan fingerprint density at radius 3 is 2.42 bits per heavy atom. The largest absolute Gasteiger partial charge is 0.383 e. The van der Waals surface area contributed by atoms with Gasteiger partial charge in [0.15, 0.2) is 0 Å². The molecule has 0 fully saturated rings. The monoisotopic (exact) mass is 257 g/mol. The Morgan fingerprint density at radius 1 is 1.11 bits per heavy atom. The molecule has 5 nitrogen and oxygen atoms in total. The number of anilines is 3. The van der Waals surface area contributed by atoms with Gasteiger partial charge in [0.25, 0.3) is 0 Å². The van der Waals surface area contributed by atoms with Crippen LogP contribution in [0.4, 0.5) is 17.6 Å². The lowest BCUT2D eigenvalue weighted by molar-refractivity contribution is 0.556. The number of hydrogen-bond donors (Lipinski definition) is 3. The summed E-state index contributed by atoms with van der Waals surface area (Å²) >= 11 is 0. The molecule has 0 aliphatic carbocycles. The number of aromatic nitrogens is 2. The van der Waals surface area contributed by atoms with E-state index in [0.29, 0.717) is 11.6 Å². The second-order valence-corrected chi connectivity index (χ2v) is 5.14. The van der Waals surface area contributed by atoms with Gasteiger partial charge in [0.1, 0.15) is 11.6 Å². The zero-order valence-electron chi connectivity index (χ0n) is 11.2. The Morgan fingerprint density at radius 2 is 1.79 bits per heavy atom. The minimum absolute atomic E-state index is 0.0181. The first-order chi connectivity index (χ1) is 8.97. The molecule has 0 radical (unpaired) electrons. The standard InChI is InChI=1S/C14H19N5/c1-14(2,10-6-4-3-5-7-10)9-17-12-8-11(15)18-13(16)19-12/h3-8H,9H2,1-2H3,(H5,15,16,17,18,19). The lowest BCUT2D eigenvalue weighted by Gasteiger charge is -2.26. The zero-order valence-corrected chi connectivity index (χ0v) is 11.2. The average molecular weight is 257 g/mol. The van der Waals surface area contributed by atoms with Gasteiger partial charge in [-0.3, -0.25) is 0 Å². The number of benzene rings is 1. The Balaban J connectivity index is 2.09. The number of hydrogen-bond acceptors (Lipinski definition) is 5. The molecule has 0 aliphatic rings. The minimum atomic E-state index is -0.0181. The molecule has 0 saturated heterocycles. The van der Waals surface area contributed by atoms with E-state index < -0.39 is 0 Å². The van der Waals surface area contributed by atoms with Crippen LogP contribution in [0.3, 0.4) is 0 Å². The first-order valence-electron chi connectivity index (χ1n) is 6.17. The van der Waals surface area contributed by atoms with Crippen molar-refractivity contribution in [1.29, 1.82) is 0 Å². The molecule has 1 heterocycles. The Labute approximate surface area is 113 Å². The highest BCUT2D eigenvalue weighted by molar-refractivity contribution is 5.48. The number of nitrogens with two attached hydrogens (primary N) is 2. The van der Waals surface area contributed by atoms with Crippen LogP contribution in [0.2, 0.25) is 0 Å². The maximum Gasteiger partial charge on any atom is 0.223 e. The van der Waals surface area contributed by atoms with Crippen molar-refractivity contribution >= 4 is 17.6 Å². The summed E-state index contributed by atoms with van der Waals surface area (Å²) in [5, 5.41) is 3.25. The fraction of sp³-hybridized carbons (Fsp3) is 0.286. The van der Waals surface area contributed by atoms with E-state index in [0.717, 1.165) is 6.54 Å². The fourth-order valence-corrected chi connectivity index (χ4v) is 1.88. The normalized spacial score (nSPS) is 11.3. The molecule has 100 valence electrons. The lowest BCUT2D eigenvalue weighted by atomic mass is 9.85. The van der Waals surface area contributed by atoms with Crippen molar-refractivity contribution in [2.75, 3.05) is 23.3 Å². The molecule has 0 amide bonds. The van der Waals surface area contributed by atoms with Crippen molar-refractivity contribution in [2.45, 2.75) is 19.3 Å². The van der Waals surface area contributed by atoms with Crippen LogP contribution in [-0.4, -0.2) is 16.5 Å². The summed E-state index contributed by atoms with van der Waals surface area (Å²) in [5.74, 6) is 1.20. The summed E-state index contributed by atoms with van der Waals surface area (Å²) in [7, 11) is 0. The van der Waals surface area contributed by atoms with Gasteiger partial charge < -0.3 is 16.8 Å². The molecule has 2 aromatic rings. The lowest BCUT2D eigenvalue weighted by Crippen LogP contribution is -2.28. The van der Waals surface area contributed by atoms with E-state index in [4.69, 9.17) is 11.5 Å². The SMILES string of the molecule is CC(C)(CNc1cc(N)nc(N)n1)c1ccccc1. The van der Waals surface area contributed by atoms with Gasteiger partial charge in [-0.2, -0.15) is 9.97 Å². The summed E-state index contributed by atoms with van der Waals surface area (Å²) in [6.45, 7) is 5.07. The zero-order chi connectivity index (χ0) is 13.9. The van der Waals surface area contributed by atoms with Crippen LogP contribution in [0.15, 0.2) is 36.4 Å². The molecular weight excluding hydrogens is 238 g/mol. The van der Waals surface area contributed by atoms with Gasteiger partial charge in [-0.15, -0.1) is 0 Å². The molecule has 1 aromatic heterocycles. The number of nitrogen functional groups attached to an aromatic ring is 2. The Kier molecular flexibility index (Phi) is 3.55. The van der Waals surface area contributed by atoms with Gasteiger partial charge in [-0.25, -0.2) is 0 Å². The predicted molar refractivity (Wildman–Crippen MR) is 78.8 cm³/mol. The quantitative estimate of drug-likeness (QED) is 0.779. The first kappa shape index (κ1) is 13.1. The van der Waals surface area contributed by atoms with E-state index in [9.17, 15) is 0 Å². The van der Waals surface area contributed by atoms with Crippen molar-refractivity contribution in [3.63, 3.8) is 0 Å². The maximum absolute atomic E-state index is 5.64. The second-order valence-electron chi connectivity index (χ2n) is 5.14. The van der Waals surface area contributed by atoms with Gasteiger partial charge in [0.05, 0.1) is 0 Å². The van der Waals surface area contributed by atoms with E-state index in [2.05, 4.69) is 41.3 Å². The summed E-state index contributed by atoms with van der Waals surface area (Å²) < 4.78 is 0. The van der Waals surface area contributed by atoms with Crippen molar-refractivity contribution in [2.24, 2.45) is 0 Å². The molecule has 0 aliphatic heterocycles. The predicted octanol–water partition coefficient (Wildman–Crippen LogP) is 2.03. The molecule has 0 saturated carbocycles. The van der Waals surface area contributed by atoms with Crippen molar-refractivity contribution < 1.29 is 0 Å². The molecule has 0 spiro atoms. The molecular formula is C14H19N5. The van der Waals surface area contributed by atoms with E-state index in [1.807, 2.05) is 18.2 Å². The molecule has 19 heavy (non-hydrogen) atoms. The van der Waals surface area contributed by atoms with Crippen LogP contribution >= 0.6 is 0 Å². The molecule has 5 N–H and O–H groups in total. The molecule has 0 bridgehead atoms. The van der Waals surface area contributed by atoms with E-state index in [1.165, 1.54) is 5.56 Å². The summed E-state index contributed by atoms with van der Waals surface area (Å²) in [6, 6.07) is 12.0. The van der Waals surface area contributed by atoms with Gasteiger partial charge in [0, 0.05) is 18.0 Å². The van der Waals surface area contributed by atoms with Crippen LogP contribution < -0.4 is 16.8 Å². The Hall–Kier alpha value is -2.30. The summed E-state index contributed by atoms with van der Waals surface area (Å²) in [5.41, 5.74) is 12.4. The Bertz CT molecular complexity index is 531. The summed E-state index contributed by atoms with van der Waals surface area (Å²) in [6.07, 6.45) is 0. The van der Waals surface area contributed by atoms with Crippen LogP contribution in [0, 0.1) is 0 Å². The van der Waals surface area contributed by atoms with E-state index >= 15 is 0 Å². The van der Waals surface area contributed by atoms with Crippen LogP contribution in [0.5, 0.6) is 0 Å². The number of rotatable bonds is 4. The summed E-state index contributed by atoms with van der Waals surface area (Å²) in [4.78, 5) is 7.95. The third-order valence-corrected chi connectivity index (χ3v) is 3.03. The highest BCUT2D eigenvalue weighted by atomic mass is 15.1. The van der Waals surface area contributed by atoms with Crippen LogP contribution in [-0.2, 0) is 5.41 Å². The fourth-order valence-electron chi connectivity index (χ4n) is 1.88. The van der Waals surface area contributed by atoms with Crippen LogP contribution in [0.25, 0.3) is 0 Å². The van der Waals surface area contributed by atoms with Gasteiger partial charge >= 0.3 is 0 Å². The van der Waals surface area contributed by atoms with Crippen molar-refractivity contribution in [1.82, 2.24) is 9.97 Å². The smallest absolute Gasteiger partial charge is 0.223 e. The van der Waals surface area contributed by atoms with Gasteiger partial charge in [-0.05, 0) is 5.56 Å².